The SMILES string of the molecule is COc1cccc(CN=C(N)CCN2CCC(C(=O)c3ccc(F)cc3)CC2)c1. The van der Waals surface area contributed by atoms with Crippen molar-refractivity contribution in [2.75, 3.05) is 26.7 Å². The summed E-state index contributed by atoms with van der Waals surface area (Å²) in [4.78, 5) is 19.4. The van der Waals surface area contributed by atoms with Crippen LogP contribution in [0.2, 0.25) is 0 Å². The van der Waals surface area contributed by atoms with Crippen molar-refractivity contribution < 1.29 is 13.9 Å². The van der Waals surface area contributed by atoms with E-state index in [0.29, 0.717) is 24.4 Å². The number of likely N-dealkylation sites (tertiary alicyclic amines) is 1. The third kappa shape index (κ3) is 6.12. The lowest BCUT2D eigenvalue weighted by molar-refractivity contribution is 0.0842. The molecular weight excluding hydrogens is 369 g/mol. The van der Waals surface area contributed by atoms with Gasteiger partial charge < -0.3 is 15.4 Å². The van der Waals surface area contributed by atoms with Crippen LogP contribution < -0.4 is 10.5 Å². The first kappa shape index (κ1) is 21.0. The van der Waals surface area contributed by atoms with Crippen LogP contribution >= 0.6 is 0 Å². The van der Waals surface area contributed by atoms with Crippen molar-refractivity contribution in [3.05, 3.63) is 65.5 Å². The number of amidine groups is 1. The van der Waals surface area contributed by atoms with Crippen molar-refractivity contribution in [1.29, 1.82) is 0 Å². The number of carbonyl (C=O) groups is 1. The molecule has 0 bridgehead atoms. The minimum Gasteiger partial charge on any atom is -0.497 e. The Morgan fingerprint density at radius 1 is 1.21 bits per heavy atom. The zero-order valence-electron chi connectivity index (χ0n) is 16.8. The zero-order chi connectivity index (χ0) is 20.6. The van der Waals surface area contributed by atoms with E-state index in [1.807, 2.05) is 24.3 Å². The van der Waals surface area contributed by atoms with Crippen molar-refractivity contribution in [3.8, 4) is 5.75 Å². The van der Waals surface area contributed by atoms with Gasteiger partial charge in [0.25, 0.3) is 0 Å². The van der Waals surface area contributed by atoms with Gasteiger partial charge in [0.15, 0.2) is 5.78 Å². The summed E-state index contributed by atoms with van der Waals surface area (Å²) in [7, 11) is 1.65. The summed E-state index contributed by atoms with van der Waals surface area (Å²) >= 11 is 0. The molecule has 6 heteroatoms. The van der Waals surface area contributed by atoms with Crippen LogP contribution in [0.3, 0.4) is 0 Å². The molecule has 0 spiro atoms. The van der Waals surface area contributed by atoms with E-state index in [1.165, 1.54) is 12.1 Å². The lowest BCUT2D eigenvalue weighted by atomic mass is 9.89. The third-order valence-electron chi connectivity index (χ3n) is 5.37. The van der Waals surface area contributed by atoms with Crippen LogP contribution in [-0.2, 0) is 6.54 Å². The van der Waals surface area contributed by atoms with E-state index in [9.17, 15) is 9.18 Å². The standard InChI is InChI=1S/C23H28FN3O2/c1-29-21-4-2-3-17(15-21)16-26-22(25)11-14-27-12-9-19(10-13-27)23(28)18-5-7-20(24)8-6-18/h2-8,15,19H,9-14,16H2,1H3,(H2,25,26). The second-order valence-electron chi connectivity index (χ2n) is 7.40. The molecular formula is C23H28FN3O2. The molecule has 2 aromatic rings. The first-order valence-corrected chi connectivity index (χ1v) is 9.99. The highest BCUT2D eigenvalue weighted by Gasteiger charge is 2.25. The maximum Gasteiger partial charge on any atom is 0.166 e. The van der Waals surface area contributed by atoms with Crippen molar-refractivity contribution in [2.24, 2.45) is 16.6 Å². The normalized spacial score (nSPS) is 16.0. The Bertz CT molecular complexity index is 843. The maximum atomic E-state index is 13.0. The number of rotatable bonds is 8. The summed E-state index contributed by atoms with van der Waals surface area (Å²) in [6, 6.07) is 13.6. The number of hydrogen-bond donors (Lipinski definition) is 1. The number of halogens is 1. The summed E-state index contributed by atoms with van der Waals surface area (Å²) < 4.78 is 18.3. The van der Waals surface area contributed by atoms with Crippen LogP contribution in [0.25, 0.3) is 0 Å². The van der Waals surface area contributed by atoms with Gasteiger partial charge in [0, 0.05) is 24.4 Å². The average molecular weight is 397 g/mol. The third-order valence-corrected chi connectivity index (χ3v) is 5.37. The van der Waals surface area contributed by atoms with Gasteiger partial charge in [-0.25, -0.2) is 4.39 Å². The number of ketones is 1. The van der Waals surface area contributed by atoms with E-state index in [1.54, 1.807) is 19.2 Å². The molecule has 1 aliphatic rings. The van der Waals surface area contributed by atoms with Crippen LogP contribution in [0.4, 0.5) is 4.39 Å². The van der Waals surface area contributed by atoms with Gasteiger partial charge in [-0.2, -0.15) is 0 Å². The van der Waals surface area contributed by atoms with E-state index in [4.69, 9.17) is 10.5 Å². The summed E-state index contributed by atoms with van der Waals surface area (Å²) in [6.45, 7) is 3.10. The van der Waals surface area contributed by atoms with Gasteiger partial charge in [-0.15, -0.1) is 0 Å². The number of carbonyl (C=O) groups excluding carboxylic acids is 1. The highest BCUT2D eigenvalue weighted by atomic mass is 19.1. The van der Waals surface area contributed by atoms with E-state index < -0.39 is 0 Å². The molecule has 0 radical (unpaired) electrons. The quantitative estimate of drug-likeness (QED) is 0.419. The van der Waals surface area contributed by atoms with E-state index in [-0.39, 0.29) is 17.5 Å². The van der Waals surface area contributed by atoms with Gasteiger partial charge in [0.1, 0.15) is 11.6 Å². The molecule has 1 fully saturated rings. The molecule has 0 aliphatic carbocycles. The van der Waals surface area contributed by atoms with E-state index in [2.05, 4.69) is 9.89 Å². The second kappa shape index (κ2) is 10.2. The van der Waals surface area contributed by atoms with Crippen molar-refractivity contribution in [3.63, 3.8) is 0 Å². The largest absolute Gasteiger partial charge is 0.497 e. The molecule has 2 N–H and O–H groups in total. The Hall–Kier alpha value is -2.73. The molecule has 1 heterocycles. The molecule has 0 amide bonds. The predicted octanol–water partition coefficient (Wildman–Crippen LogP) is 3.68. The minimum atomic E-state index is -0.318. The number of methoxy groups -OCH3 is 1. The van der Waals surface area contributed by atoms with Gasteiger partial charge in [0.05, 0.1) is 19.5 Å². The Kier molecular flexibility index (Phi) is 7.36. The first-order chi connectivity index (χ1) is 14.0. The van der Waals surface area contributed by atoms with Gasteiger partial charge in [0.2, 0.25) is 0 Å². The summed E-state index contributed by atoms with van der Waals surface area (Å²) in [5.41, 5.74) is 7.74. The molecule has 1 saturated heterocycles. The van der Waals surface area contributed by atoms with Crippen molar-refractivity contribution in [2.45, 2.75) is 25.8 Å². The van der Waals surface area contributed by atoms with Gasteiger partial charge in [-0.3, -0.25) is 9.79 Å². The fourth-order valence-electron chi connectivity index (χ4n) is 3.58. The molecule has 3 rings (SSSR count). The molecule has 29 heavy (non-hydrogen) atoms. The molecule has 0 aromatic heterocycles. The number of nitrogens with two attached hydrogens (primary N) is 1. The Morgan fingerprint density at radius 2 is 1.93 bits per heavy atom. The van der Waals surface area contributed by atoms with Gasteiger partial charge >= 0.3 is 0 Å². The molecule has 0 unspecified atom stereocenters. The van der Waals surface area contributed by atoms with Crippen LogP contribution in [0, 0.1) is 11.7 Å². The highest BCUT2D eigenvalue weighted by Crippen LogP contribution is 2.22. The number of nitrogens with zero attached hydrogens (tertiary/aromatic N) is 2. The zero-order valence-corrected chi connectivity index (χ0v) is 16.8. The van der Waals surface area contributed by atoms with Gasteiger partial charge in [-0.1, -0.05) is 12.1 Å². The fraction of sp³-hybridized carbons (Fsp3) is 0.391. The number of ether oxygens (including phenoxy) is 1. The van der Waals surface area contributed by atoms with Crippen LogP contribution in [0.5, 0.6) is 5.75 Å². The van der Waals surface area contributed by atoms with E-state index in [0.717, 1.165) is 43.8 Å². The summed E-state index contributed by atoms with van der Waals surface area (Å²) in [6.07, 6.45) is 2.34. The topological polar surface area (TPSA) is 67.9 Å². The molecule has 0 atom stereocenters. The monoisotopic (exact) mass is 397 g/mol. The Balaban J connectivity index is 1.42. The van der Waals surface area contributed by atoms with Gasteiger partial charge in [-0.05, 0) is 67.9 Å². The van der Waals surface area contributed by atoms with Crippen LogP contribution in [-0.4, -0.2) is 43.3 Å². The molecule has 5 nitrogen and oxygen atoms in total. The molecule has 2 aromatic carbocycles. The predicted molar refractivity (Wildman–Crippen MR) is 113 cm³/mol. The van der Waals surface area contributed by atoms with Crippen molar-refractivity contribution >= 4 is 11.6 Å². The lowest BCUT2D eigenvalue weighted by Crippen LogP contribution is -2.38. The maximum absolute atomic E-state index is 13.0. The number of Topliss-reactive ketones (excluding diaryl/α,β-unsaturated/α-hetero) is 1. The molecule has 154 valence electrons. The lowest BCUT2D eigenvalue weighted by Gasteiger charge is -2.31. The fourth-order valence-corrected chi connectivity index (χ4v) is 3.58. The number of piperidine rings is 1. The summed E-state index contributed by atoms with van der Waals surface area (Å²) in [5, 5.41) is 0. The van der Waals surface area contributed by atoms with Crippen LogP contribution in [0.1, 0.15) is 35.2 Å². The Morgan fingerprint density at radius 3 is 2.62 bits per heavy atom. The van der Waals surface area contributed by atoms with Crippen molar-refractivity contribution in [1.82, 2.24) is 4.90 Å². The second-order valence-corrected chi connectivity index (χ2v) is 7.40. The molecule has 0 saturated carbocycles. The molecule has 1 aliphatic heterocycles. The van der Waals surface area contributed by atoms with Crippen LogP contribution in [0.15, 0.2) is 53.5 Å². The number of benzene rings is 2. The summed E-state index contributed by atoms with van der Waals surface area (Å²) in [5.74, 6) is 1.26. The Labute approximate surface area is 171 Å². The number of hydrogen-bond acceptors (Lipinski definition) is 4. The number of aliphatic imine (C=N–C) groups is 1. The first-order valence-electron chi connectivity index (χ1n) is 9.99. The smallest absolute Gasteiger partial charge is 0.166 e. The van der Waals surface area contributed by atoms with E-state index >= 15 is 0 Å². The highest BCUT2D eigenvalue weighted by molar-refractivity contribution is 5.97. The minimum absolute atomic E-state index is 0.00999. The average Bonchev–Trinajstić information content (AvgIpc) is 2.77.